The molecule has 114 valence electrons. The third kappa shape index (κ3) is 2.53. The van der Waals surface area contributed by atoms with E-state index in [1.165, 1.54) is 0 Å². The Morgan fingerprint density at radius 3 is 2.68 bits per heavy atom. The number of nitrogens with zero attached hydrogens (tertiary/aromatic N) is 3. The lowest BCUT2D eigenvalue weighted by Gasteiger charge is -2.15. The molecule has 0 radical (unpaired) electrons. The van der Waals surface area contributed by atoms with E-state index >= 15 is 0 Å². The van der Waals surface area contributed by atoms with Crippen LogP contribution in [0.1, 0.15) is 13.0 Å². The molecule has 0 amide bonds. The Bertz CT molecular complexity index is 798. The number of aromatic nitrogens is 3. The number of benzene rings is 1. The Hall–Kier alpha value is -2.11. The largest absolute Gasteiger partial charge is 0.497 e. The maximum Gasteiger partial charge on any atom is 0.160 e. The van der Waals surface area contributed by atoms with Crippen molar-refractivity contribution in [3.8, 4) is 17.1 Å². The van der Waals surface area contributed by atoms with Crippen LogP contribution in [0.5, 0.6) is 5.75 Å². The lowest BCUT2D eigenvalue weighted by molar-refractivity contribution is 0.415. The summed E-state index contributed by atoms with van der Waals surface area (Å²) >= 11 is 6.03. The van der Waals surface area contributed by atoms with E-state index in [-0.39, 0.29) is 6.04 Å². The summed E-state index contributed by atoms with van der Waals surface area (Å²) in [5.41, 5.74) is 8.38. The van der Waals surface area contributed by atoms with Gasteiger partial charge in [0.05, 0.1) is 12.1 Å². The molecule has 0 spiro atoms. The predicted molar refractivity (Wildman–Crippen MR) is 88.3 cm³/mol. The highest BCUT2D eigenvalue weighted by atomic mass is 35.5. The molecule has 22 heavy (non-hydrogen) atoms. The van der Waals surface area contributed by atoms with Crippen LogP contribution in [0.2, 0.25) is 5.02 Å². The fourth-order valence-corrected chi connectivity index (χ4v) is 2.58. The minimum atomic E-state index is 0.0794. The number of halogens is 1. The third-order valence-corrected chi connectivity index (χ3v) is 3.83. The maximum absolute atomic E-state index is 6.03. The molecule has 3 aromatic rings. The minimum absolute atomic E-state index is 0.0794. The standard InChI is InChI=1S/C16H17ClN4O/c1-10(8-18)21-15(11-3-5-13(22-2)6-4-11)20-14-7-12(17)9-19-16(14)21/h3-7,9-10H,8,18H2,1-2H3. The summed E-state index contributed by atoms with van der Waals surface area (Å²) < 4.78 is 7.25. The van der Waals surface area contributed by atoms with Crippen molar-refractivity contribution in [1.29, 1.82) is 0 Å². The van der Waals surface area contributed by atoms with Crippen LogP contribution in [0.25, 0.3) is 22.6 Å². The van der Waals surface area contributed by atoms with Crippen LogP contribution < -0.4 is 10.5 Å². The molecule has 1 unspecified atom stereocenters. The highest BCUT2D eigenvalue weighted by molar-refractivity contribution is 6.31. The first-order chi connectivity index (χ1) is 10.6. The zero-order valence-electron chi connectivity index (χ0n) is 12.5. The van der Waals surface area contributed by atoms with Crippen LogP contribution >= 0.6 is 11.6 Å². The van der Waals surface area contributed by atoms with Gasteiger partial charge in [-0.3, -0.25) is 0 Å². The predicted octanol–water partition coefficient (Wildman–Crippen LogP) is 3.28. The average Bonchev–Trinajstić information content (AvgIpc) is 2.92. The smallest absolute Gasteiger partial charge is 0.160 e. The van der Waals surface area contributed by atoms with Gasteiger partial charge in [-0.2, -0.15) is 0 Å². The summed E-state index contributed by atoms with van der Waals surface area (Å²) in [4.78, 5) is 9.11. The molecule has 0 saturated carbocycles. The Morgan fingerprint density at radius 1 is 1.32 bits per heavy atom. The molecule has 2 N–H and O–H groups in total. The second-order valence-electron chi connectivity index (χ2n) is 5.11. The fraction of sp³-hybridized carbons (Fsp3) is 0.250. The molecule has 0 aliphatic heterocycles. The topological polar surface area (TPSA) is 66.0 Å². The summed E-state index contributed by atoms with van der Waals surface area (Å²) in [7, 11) is 1.65. The number of hydrogen-bond donors (Lipinski definition) is 1. The third-order valence-electron chi connectivity index (χ3n) is 3.63. The SMILES string of the molecule is COc1ccc(-c2nc3cc(Cl)cnc3n2C(C)CN)cc1. The molecule has 0 fully saturated rings. The first kappa shape index (κ1) is 14.8. The van der Waals surface area contributed by atoms with E-state index in [1.807, 2.05) is 41.8 Å². The van der Waals surface area contributed by atoms with Crippen molar-refractivity contribution in [1.82, 2.24) is 14.5 Å². The van der Waals surface area contributed by atoms with Gasteiger partial charge in [0, 0.05) is 24.3 Å². The molecule has 0 bridgehead atoms. The molecular formula is C16H17ClN4O. The molecule has 6 heteroatoms. The first-order valence-corrected chi connectivity index (χ1v) is 7.39. The van der Waals surface area contributed by atoms with Crippen LogP contribution in [0.3, 0.4) is 0 Å². The van der Waals surface area contributed by atoms with Gasteiger partial charge in [-0.15, -0.1) is 0 Å². The van der Waals surface area contributed by atoms with Crippen molar-refractivity contribution < 1.29 is 4.74 Å². The van der Waals surface area contributed by atoms with Gasteiger partial charge in [0.1, 0.15) is 17.1 Å². The van der Waals surface area contributed by atoms with E-state index in [9.17, 15) is 0 Å². The lowest BCUT2D eigenvalue weighted by atomic mass is 10.2. The van der Waals surface area contributed by atoms with E-state index in [4.69, 9.17) is 22.1 Å². The van der Waals surface area contributed by atoms with Crippen LogP contribution in [0.4, 0.5) is 0 Å². The van der Waals surface area contributed by atoms with E-state index < -0.39 is 0 Å². The van der Waals surface area contributed by atoms with Crippen LogP contribution in [0, 0.1) is 0 Å². The van der Waals surface area contributed by atoms with Crippen molar-refractivity contribution in [2.45, 2.75) is 13.0 Å². The number of pyridine rings is 1. The van der Waals surface area contributed by atoms with Crippen molar-refractivity contribution in [3.63, 3.8) is 0 Å². The molecule has 3 rings (SSSR count). The summed E-state index contributed by atoms with van der Waals surface area (Å²) in [5, 5.41) is 0.568. The number of imidazole rings is 1. The van der Waals surface area contributed by atoms with Crippen molar-refractivity contribution in [2.24, 2.45) is 5.73 Å². The summed E-state index contributed by atoms with van der Waals surface area (Å²) in [6.07, 6.45) is 1.63. The quantitative estimate of drug-likeness (QED) is 0.802. The number of ether oxygens (including phenoxy) is 1. The normalized spacial score (nSPS) is 12.5. The van der Waals surface area contributed by atoms with Gasteiger partial charge in [-0.1, -0.05) is 11.6 Å². The van der Waals surface area contributed by atoms with Gasteiger partial charge in [0.15, 0.2) is 5.65 Å². The van der Waals surface area contributed by atoms with Gasteiger partial charge in [-0.05, 0) is 37.3 Å². The summed E-state index contributed by atoms with van der Waals surface area (Å²) in [5.74, 6) is 1.63. The lowest BCUT2D eigenvalue weighted by Crippen LogP contribution is -2.17. The van der Waals surface area contributed by atoms with Gasteiger partial charge in [0.2, 0.25) is 0 Å². The van der Waals surface area contributed by atoms with Gasteiger partial charge in [0.25, 0.3) is 0 Å². The van der Waals surface area contributed by atoms with Crippen molar-refractivity contribution in [3.05, 3.63) is 41.6 Å². The molecule has 2 aromatic heterocycles. The molecule has 2 heterocycles. The Labute approximate surface area is 133 Å². The van der Waals surface area contributed by atoms with Crippen LogP contribution in [0.15, 0.2) is 36.5 Å². The van der Waals surface area contributed by atoms with E-state index in [2.05, 4.69) is 9.97 Å². The maximum atomic E-state index is 6.03. The first-order valence-electron chi connectivity index (χ1n) is 7.02. The second kappa shape index (κ2) is 5.94. The number of hydrogen-bond acceptors (Lipinski definition) is 4. The second-order valence-corrected chi connectivity index (χ2v) is 5.55. The van der Waals surface area contributed by atoms with Gasteiger partial charge < -0.3 is 15.0 Å². The zero-order chi connectivity index (χ0) is 15.7. The monoisotopic (exact) mass is 316 g/mol. The minimum Gasteiger partial charge on any atom is -0.497 e. The van der Waals surface area contributed by atoms with Crippen molar-refractivity contribution >= 4 is 22.8 Å². The number of methoxy groups -OCH3 is 1. The molecule has 0 aliphatic rings. The van der Waals surface area contributed by atoms with Gasteiger partial charge >= 0.3 is 0 Å². The molecule has 1 atom stereocenters. The molecule has 0 saturated heterocycles. The number of fused-ring (bicyclic) bond motifs is 1. The highest BCUT2D eigenvalue weighted by Crippen LogP contribution is 2.29. The fourth-order valence-electron chi connectivity index (χ4n) is 2.42. The number of rotatable bonds is 4. The number of nitrogens with two attached hydrogens (primary N) is 1. The summed E-state index contributed by atoms with van der Waals surface area (Å²) in [6, 6.07) is 9.66. The van der Waals surface area contributed by atoms with E-state index in [0.29, 0.717) is 11.6 Å². The molecular weight excluding hydrogens is 300 g/mol. The Kier molecular flexibility index (Phi) is 4.00. The molecule has 5 nitrogen and oxygen atoms in total. The van der Waals surface area contributed by atoms with Crippen LogP contribution in [-0.4, -0.2) is 28.2 Å². The van der Waals surface area contributed by atoms with Gasteiger partial charge in [-0.25, -0.2) is 9.97 Å². The van der Waals surface area contributed by atoms with Crippen molar-refractivity contribution in [2.75, 3.05) is 13.7 Å². The zero-order valence-corrected chi connectivity index (χ0v) is 13.2. The Morgan fingerprint density at radius 2 is 2.05 bits per heavy atom. The Balaban J connectivity index is 2.22. The average molecular weight is 317 g/mol. The van der Waals surface area contributed by atoms with E-state index in [1.54, 1.807) is 13.3 Å². The highest BCUT2D eigenvalue weighted by Gasteiger charge is 2.17. The van der Waals surface area contributed by atoms with Crippen LogP contribution in [-0.2, 0) is 0 Å². The van der Waals surface area contributed by atoms with E-state index in [0.717, 1.165) is 28.3 Å². The summed E-state index contributed by atoms with van der Waals surface area (Å²) in [6.45, 7) is 2.54. The molecule has 0 aliphatic carbocycles. The molecule has 1 aromatic carbocycles.